The lowest BCUT2D eigenvalue weighted by Crippen LogP contribution is -2.50. The summed E-state index contributed by atoms with van der Waals surface area (Å²) in [5.74, 6) is -0.728. The third-order valence-corrected chi connectivity index (χ3v) is 4.97. The van der Waals surface area contributed by atoms with E-state index in [1.807, 2.05) is 0 Å². The van der Waals surface area contributed by atoms with Gasteiger partial charge in [0.1, 0.15) is 13.2 Å². The molecule has 9 heteroatoms. The standard InChI is InChI=1S/C18H20N2O7/c21-16-7-11(17(22)19-3-4-25-15(10-19)18(23)24)9-20(16)12-1-2-13-14(8-12)27-6-5-26-13/h1-2,8,11,15H,3-7,9-10H2,(H,23,24). The highest BCUT2D eigenvalue weighted by Gasteiger charge is 2.39. The molecule has 2 saturated heterocycles. The summed E-state index contributed by atoms with van der Waals surface area (Å²) in [5, 5.41) is 9.09. The highest BCUT2D eigenvalue weighted by atomic mass is 16.6. The minimum absolute atomic E-state index is 0.00286. The fourth-order valence-corrected chi connectivity index (χ4v) is 3.58. The molecule has 3 aliphatic rings. The average molecular weight is 376 g/mol. The number of anilines is 1. The summed E-state index contributed by atoms with van der Waals surface area (Å²) in [7, 11) is 0. The molecule has 0 saturated carbocycles. The van der Waals surface area contributed by atoms with Gasteiger partial charge in [0, 0.05) is 31.3 Å². The Morgan fingerprint density at radius 3 is 2.63 bits per heavy atom. The molecule has 2 atom stereocenters. The van der Waals surface area contributed by atoms with Crippen LogP contribution in [0.2, 0.25) is 0 Å². The summed E-state index contributed by atoms with van der Waals surface area (Å²) < 4.78 is 16.2. The molecule has 2 fully saturated rings. The van der Waals surface area contributed by atoms with Crippen LogP contribution < -0.4 is 14.4 Å². The topological polar surface area (TPSA) is 106 Å². The minimum atomic E-state index is -1.09. The lowest BCUT2D eigenvalue weighted by molar-refractivity contribution is -0.160. The van der Waals surface area contributed by atoms with Gasteiger partial charge in [0.15, 0.2) is 17.6 Å². The molecule has 0 spiro atoms. The molecule has 2 amide bonds. The summed E-state index contributed by atoms with van der Waals surface area (Å²) in [4.78, 5) is 39.4. The first-order chi connectivity index (χ1) is 13.0. The van der Waals surface area contributed by atoms with Crippen LogP contribution in [-0.2, 0) is 19.1 Å². The smallest absolute Gasteiger partial charge is 0.334 e. The second kappa shape index (κ2) is 7.07. The predicted octanol–water partition coefficient (Wildman–Crippen LogP) is 0.123. The molecule has 144 valence electrons. The molecule has 2 unspecified atom stereocenters. The number of hydrogen-bond donors (Lipinski definition) is 1. The van der Waals surface area contributed by atoms with Crippen molar-refractivity contribution in [3.63, 3.8) is 0 Å². The first kappa shape index (κ1) is 17.6. The zero-order valence-electron chi connectivity index (χ0n) is 14.6. The van der Waals surface area contributed by atoms with E-state index in [9.17, 15) is 14.4 Å². The van der Waals surface area contributed by atoms with Crippen LogP contribution in [0, 0.1) is 5.92 Å². The molecule has 27 heavy (non-hydrogen) atoms. The zero-order chi connectivity index (χ0) is 19.0. The number of amides is 2. The van der Waals surface area contributed by atoms with Crippen LogP contribution >= 0.6 is 0 Å². The van der Waals surface area contributed by atoms with Gasteiger partial charge in [0.05, 0.1) is 19.1 Å². The summed E-state index contributed by atoms with van der Waals surface area (Å²) in [5.41, 5.74) is 0.657. The number of aliphatic carboxylic acids is 1. The van der Waals surface area contributed by atoms with E-state index in [1.54, 1.807) is 23.1 Å². The van der Waals surface area contributed by atoms with E-state index < -0.39 is 18.0 Å². The zero-order valence-corrected chi connectivity index (χ0v) is 14.6. The molecule has 9 nitrogen and oxygen atoms in total. The second-order valence-corrected chi connectivity index (χ2v) is 6.72. The Labute approximate surface area is 155 Å². The van der Waals surface area contributed by atoms with Crippen LogP contribution in [-0.4, -0.2) is 73.3 Å². The van der Waals surface area contributed by atoms with Crippen LogP contribution in [0.5, 0.6) is 11.5 Å². The van der Waals surface area contributed by atoms with Crippen molar-refractivity contribution in [1.29, 1.82) is 0 Å². The van der Waals surface area contributed by atoms with Crippen LogP contribution in [0.1, 0.15) is 6.42 Å². The van der Waals surface area contributed by atoms with Crippen molar-refractivity contribution in [3.05, 3.63) is 18.2 Å². The maximum Gasteiger partial charge on any atom is 0.334 e. The van der Waals surface area contributed by atoms with Gasteiger partial charge in [0.25, 0.3) is 0 Å². The van der Waals surface area contributed by atoms with E-state index in [-0.39, 0.29) is 37.9 Å². The lowest BCUT2D eigenvalue weighted by atomic mass is 10.1. The highest BCUT2D eigenvalue weighted by Crippen LogP contribution is 2.36. The van der Waals surface area contributed by atoms with E-state index in [4.69, 9.17) is 19.3 Å². The van der Waals surface area contributed by atoms with Gasteiger partial charge >= 0.3 is 5.97 Å². The molecule has 1 aromatic rings. The van der Waals surface area contributed by atoms with E-state index >= 15 is 0 Å². The summed E-state index contributed by atoms with van der Waals surface area (Å²) in [6.07, 6.45) is -0.920. The van der Waals surface area contributed by atoms with Gasteiger partial charge in [-0.15, -0.1) is 0 Å². The Balaban J connectivity index is 1.46. The molecule has 0 aromatic heterocycles. The number of carboxylic acid groups (broad SMARTS) is 1. The largest absolute Gasteiger partial charge is 0.486 e. The van der Waals surface area contributed by atoms with Gasteiger partial charge in [-0.2, -0.15) is 0 Å². The second-order valence-electron chi connectivity index (χ2n) is 6.72. The molecular weight excluding hydrogens is 356 g/mol. The quantitative estimate of drug-likeness (QED) is 0.799. The summed E-state index contributed by atoms with van der Waals surface area (Å²) in [6, 6.07) is 5.27. The molecule has 3 heterocycles. The highest BCUT2D eigenvalue weighted by molar-refractivity contribution is 6.00. The van der Waals surface area contributed by atoms with Crippen molar-refractivity contribution in [2.45, 2.75) is 12.5 Å². The number of carboxylic acids is 1. The van der Waals surface area contributed by atoms with Crippen molar-refractivity contribution in [2.75, 3.05) is 44.4 Å². The monoisotopic (exact) mass is 376 g/mol. The Morgan fingerprint density at radius 1 is 1.07 bits per heavy atom. The number of nitrogens with zero attached hydrogens (tertiary/aromatic N) is 2. The fourth-order valence-electron chi connectivity index (χ4n) is 3.58. The van der Waals surface area contributed by atoms with Crippen molar-refractivity contribution in [3.8, 4) is 11.5 Å². The molecule has 0 bridgehead atoms. The maximum absolute atomic E-state index is 12.8. The van der Waals surface area contributed by atoms with Gasteiger partial charge in [0.2, 0.25) is 11.8 Å². The average Bonchev–Trinajstić information content (AvgIpc) is 3.08. The maximum atomic E-state index is 12.8. The van der Waals surface area contributed by atoms with E-state index in [2.05, 4.69) is 0 Å². The van der Waals surface area contributed by atoms with Gasteiger partial charge in [-0.1, -0.05) is 0 Å². The van der Waals surface area contributed by atoms with Crippen molar-refractivity contribution < 1.29 is 33.7 Å². The third kappa shape index (κ3) is 3.42. The van der Waals surface area contributed by atoms with Gasteiger partial charge in [-0.05, 0) is 12.1 Å². The van der Waals surface area contributed by atoms with Gasteiger partial charge in [-0.25, -0.2) is 4.79 Å². The SMILES string of the molecule is O=C(O)C1CN(C(=O)C2CC(=O)N(c3ccc4c(c3)OCCO4)C2)CCO1. The third-order valence-electron chi connectivity index (χ3n) is 4.97. The van der Waals surface area contributed by atoms with Crippen LogP contribution in [0.25, 0.3) is 0 Å². The Morgan fingerprint density at radius 2 is 1.85 bits per heavy atom. The van der Waals surface area contributed by atoms with E-state index in [1.165, 1.54) is 4.90 Å². The number of hydrogen-bond acceptors (Lipinski definition) is 6. The first-order valence-corrected chi connectivity index (χ1v) is 8.86. The molecule has 1 aromatic carbocycles. The van der Waals surface area contributed by atoms with Crippen LogP contribution in [0.15, 0.2) is 18.2 Å². The molecular formula is C18H20N2O7. The van der Waals surface area contributed by atoms with Crippen molar-refractivity contribution >= 4 is 23.5 Å². The van der Waals surface area contributed by atoms with E-state index in [0.717, 1.165) is 0 Å². The fraction of sp³-hybridized carbons (Fsp3) is 0.500. The lowest BCUT2D eigenvalue weighted by Gasteiger charge is -2.32. The number of benzene rings is 1. The van der Waals surface area contributed by atoms with Gasteiger partial charge < -0.3 is 29.1 Å². The molecule has 0 radical (unpaired) electrons. The Kier molecular flexibility index (Phi) is 4.61. The molecule has 0 aliphatic carbocycles. The predicted molar refractivity (Wildman–Crippen MR) is 91.8 cm³/mol. The number of fused-ring (bicyclic) bond motifs is 1. The molecule has 4 rings (SSSR count). The first-order valence-electron chi connectivity index (χ1n) is 8.86. The number of ether oxygens (including phenoxy) is 3. The molecule has 3 aliphatic heterocycles. The Hall–Kier alpha value is -2.81. The van der Waals surface area contributed by atoms with Crippen LogP contribution in [0.4, 0.5) is 5.69 Å². The van der Waals surface area contributed by atoms with Gasteiger partial charge in [-0.3, -0.25) is 9.59 Å². The van der Waals surface area contributed by atoms with E-state index in [0.29, 0.717) is 36.9 Å². The van der Waals surface area contributed by atoms with Crippen molar-refractivity contribution in [2.24, 2.45) is 5.92 Å². The minimum Gasteiger partial charge on any atom is -0.486 e. The number of carbonyl (C=O) groups excluding carboxylic acids is 2. The molecule has 1 N–H and O–H groups in total. The number of carbonyl (C=O) groups is 3. The Bertz CT molecular complexity index is 781. The normalized spacial score (nSPS) is 24.8. The summed E-state index contributed by atoms with van der Waals surface area (Å²) >= 11 is 0. The number of morpholine rings is 1. The number of rotatable bonds is 3. The summed E-state index contributed by atoms with van der Waals surface area (Å²) in [6.45, 7) is 1.71. The van der Waals surface area contributed by atoms with Crippen molar-refractivity contribution in [1.82, 2.24) is 4.90 Å². The van der Waals surface area contributed by atoms with Crippen LogP contribution in [0.3, 0.4) is 0 Å².